The van der Waals surface area contributed by atoms with E-state index in [-0.39, 0.29) is 17.6 Å². The molecule has 2 aromatic rings. The molecule has 2 aliphatic carbocycles. The van der Waals surface area contributed by atoms with Crippen molar-refractivity contribution < 1.29 is 14.6 Å². The van der Waals surface area contributed by atoms with E-state index in [1.165, 1.54) is 19.3 Å². The maximum atomic E-state index is 13.0. The molecule has 4 nitrogen and oxygen atoms in total. The number of phenolic OH excluding ortho intramolecular Hbond substituents is 1. The van der Waals surface area contributed by atoms with Gasteiger partial charge in [-0.2, -0.15) is 0 Å². The highest BCUT2D eigenvalue weighted by Gasteiger charge is 2.61. The predicted molar refractivity (Wildman–Crippen MR) is 104 cm³/mol. The van der Waals surface area contributed by atoms with E-state index in [1.54, 1.807) is 6.07 Å². The van der Waals surface area contributed by atoms with Gasteiger partial charge in [-0.1, -0.05) is 30.2 Å². The normalized spacial score (nSPS) is 22.4. The zero-order chi connectivity index (χ0) is 18.6. The summed E-state index contributed by atoms with van der Waals surface area (Å²) in [7, 11) is 0. The highest BCUT2D eigenvalue weighted by molar-refractivity contribution is 6.30. The van der Waals surface area contributed by atoms with Gasteiger partial charge in [-0.25, -0.2) is 0 Å². The van der Waals surface area contributed by atoms with E-state index >= 15 is 0 Å². The summed E-state index contributed by atoms with van der Waals surface area (Å²) in [5, 5.41) is 11.2. The second-order valence-corrected chi connectivity index (χ2v) is 8.51. The Balaban J connectivity index is 1.45. The van der Waals surface area contributed by atoms with E-state index in [2.05, 4.69) is 0 Å². The largest absolute Gasteiger partial charge is 0.504 e. The molecule has 27 heavy (non-hydrogen) atoms. The van der Waals surface area contributed by atoms with Crippen LogP contribution in [-0.2, 0) is 11.3 Å². The second kappa shape index (κ2) is 6.16. The Kier molecular flexibility index (Phi) is 3.87. The van der Waals surface area contributed by atoms with Gasteiger partial charge in [-0.15, -0.1) is 0 Å². The number of carbonyl (C=O) groups is 1. The molecule has 1 heterocycles. The first-order chi connectivity index (χ1) is 13.1. The topological polar surface area (TPSA) is 49.8 Å². The van der Waals surface area contributed by atoms with Gasteiger partial charge >= 0.3 is 0 Å². The van der Waals surface area contributed by atoms with E-state index in [0.717, 1.165) is 23.1 Å². The summed E-state index contributed by atoms with van der Waals surface area (Å²) in [4.78, 5) is 14.9. The minimum Gasteiger partial charge on any atom is -0.504 e. The second-order valence-electron chi connectivity index (χ2n) is 8.07. The molecule has 0 bridgehead atoms. The molecule has 1 amide bonds. The molecular formula is C22H22ClNO3. The highest BCUT2D eigenvalue weighted by atomic mass is 35.5. The molecule has 0 saturated heterocycles. The molecule has 1 atom stereocenters. The van der Waals surface area contributed by atoms with E-state index in [0.29, 0.717) is 35.9 Å². The van der Waals surface area contributed by atoms with Gasteiger partial charge in [0.2, 0.25) is 5.91 Å². The third kappa shape index (κ3) is 2.87. The van der Waals surface area contributed by atoms with Crippen molar-refractivity contribution in [3.05, 3.63) is 47.0 Å². The van der Waals surface area contributed by atoms with Crippen molar-refractivity contribution in [3.8, 4) is 22.6 Å². The molecule has 1 N–H and O–H groups in total. The van der Waals surface area contributed by atoms with Crippen molar-refractivity contribution >= 4 is 17.5 Å². The molecule has 1 spiro atoms. The Hall–Kier alpha value is -2.20. The predicted octanol–water partition coefficient (Wildman–Crippen LogP) is 4.62. The average molecular weight is 384 g/mol. The monoisotopic (exact) mass is 383 g/mol. The quantitative estimate of drug-likeness (QED) is 0.822. The van der Waals surface area contributed by atoms with Crippen LogP contribution in [-0.4, -0.2) is 29.1 Å². The van der Waals surface area contributed by atoms with Crippen molar-refractivity contribution in [1.82, 2.24) is 4.90 Å². The van der Waals surface area contributed by atoms with E-state index in [4.69, 9.17) is 16.3 Å². The zero-order valence-electron chi connectivity index (χ0n) is 15.1. The number of amides is 1. The third-order valence-corrected chi connectivity index (χ3v) is 6.66. The fraction of sp³-hybridized carbons (Fsp3) is 0.409. The lowest BCUT2D eigenvalue weighted by atomic mass is 9.79. The Labute approximate surface area is 163 Å². The number of fused-ring (bicyclic) bond motifs is 1. The zero-order valence-corrected chi connectivity index (χ0v) is 15.8. The molecule has 2 fully saturated rings. The SMILES string of the molecule is O=C([C@H]1CC12CCC2)N1CCOc2c(O)cc(-c3cccc(Cl)c3)cc2C1. The molecule has 140 valence electrons. The minimum atomic E-state index is 0.110. The van der Waals surface area contributed by atoms with Crippen molar-refractivity contribution in [2.24, 2.45) is 11.3 Å². The first-order valence-electron chi connectivity index (χ1n) is 9.59. The van der Waals surface area contributed by atoms with Gasteiger partial charge in [-0.3, -0.25) is 4.79 Å². The van der Waals surface area contributed by atoms with Gasteiger partial charge in [0, 0.05) is 23.0 Å². The number of nitrogens with zero attached hydrogens (tertiary/aromatic N) is 1. The number of halogens is 1. The van der Waals surface area contributed by atoms with Crippen LogP contribution < -0.4 is 4.74 Å². The van der Waals surface area contributed by atoms with Crippen molar-refractivity contribution in [2.75, 3.05) is 13.2 Å². The Morgan fingerprint density at radius 3 is 2.78 bits per heavy atom. The number of carbonyl (C=O) groups excluding carboxylic acids is 1. The summed E-state index contributed by atoms with van der Waals surface area (Å²) in [6, 6.07) is 11.2. The van der Waals surface area contributed by atoms with Crippen LogP contribution in [0.4, 0.5) is 0 Å². The van der Waals surface area contributed by atoms with Gasteiger partial charge in [0.05, 0.1) is 6.54 Å². The Morgan fingerprint density at radius 1 is 1.22 bits per heavy atom. The van der Waals surface area contributed by atoms with Crippen molar-refractivity contribution in [1.29, 1.82) is 0 Å². The summed E-state index contributed by atoms with van der Waals surface area (Å²) in [6.45, 7) is 1.44. The third-order valence-electron chi connectivity index (χ3n) is 6.42. The van der Waals surface area contributed by atoms with Gasteiger partial charge in [0.15, 0.2) is 11.5 Å². The van der Waals surface area contributed by atoms with Crippen LogP contribution >= 0.6 is 11.6 Å². The number of hydrogen-bond acceptors (Lipinski definition) is 3. The van der Waals surface area contributed by atoms with Crippen LogP contribution in [0, 0.1) is 11.3 Å². The molecule has 2 aromatic carbocycles. The molecule has 0 unspecified atom stereocenters. The lowest BCUT2D eigenvalue weighted by Gasteiger charge is -2.28. The molecule has 0 radical (unpaired) electrons. The molecule has 0 aromatic heterocycles. The number of phenols is 1. The average Bonchev–Trinajstić information content (AvgIpc) is 3.40. The van der Waals surface area contributed by atoms with Crippen LogP contribution in [0.15, 0.2) is 36.4 Å². The van der Waals surface area contributed by atoms with Crippen LogP contribution in [0.25, 0.3) is 11.1 Å². The molecule has 5 heteroatoms. The molecule has 2 saturated carbocycles. The molecule has 3 aliphatic rings. The maximum Gasteiger partial charge on any atom is 0.226 e. The van der Waals surface area contributed by atoms with Crippen LogP contribution in [0.3, 0.4) is 0 Å². The van der Waals surface area contributed by atoms with Crippen molar-refractivity contribution in [2.45, 2.75) is 32.2 Å². The first-order valence-corrected chi connectivity index (χ1v) is 9.97. The fourth-order valence-electron chi connectivity index (χ4n) is 4.62. The summed E-state index contributed by atoms with van der Waals surface area (Å²) >= 11 is 6.12. The van der Waals surface area contributed by atoms with Crippen LogP contribution in [0.5, 0.6) is 11.5 Å². The van der Waals surface area contributed by atoms with Gasteiger partial charge in [-0.05, 0) is 60.1 Å². The molecular weight excluding hydrogens is 362 g/mol. The summed E-state index contributed by atoms with van der Waals surface area (Å²) in [6.07, 6.45) is 4.70. The molecule has 1 aliphatic heterocycles. The maximum absolute atomic E-state index is 13.0. The number of rotatable bonds is 2. The van der Waals surface area contributed by atoms with Crippen LogP contribution in [0.1, 0.15) is 31.2 Å². The van der Waals surface area contributed by atoms with Gasteiger partial charge in [0.1, 0.15) is 6.61 Å². The standard InChI is InChI=1S/C22H22ClNO3/c23-17-4-1-3-14(10-17)15-9-16-13-24(7-8-27-20(16)19(25)11-15)21(26)18-12-22(18)5-2-6-22/h1,3-4,9-11,18,25H,2,5-8,12-13H2/t18-/m1/s1. The van der Waals surface area contributed by atoms with Gasteiger partial charge in [0.25, 0.3) is 0 Å². The Morgan fingerprint density at radius 2 is 2.07 bits per heavy atom. The minimum absolute atomic E-state index is 0.110. The van der Waals surface area contributed by atoms with Crippen LogP contribution in [0.2, 0.25) is 5.02 Å². The fourth-order valence-corrected chi connectivity index (χ4v) is 4.81. The Bertz CT molecular complexity index is 922. The van der Waals surface area contributed by atoms with Crippen molar-refractivity contribution in [3.63, 3.8) is 0 Å². The highest BCUT2D eigenvalue weighted by Crippen LogP contribution is 2.66. The lowest BCUT2D eigenvalue weighted by Crippen LogP contribution is -2.35. The smallest absolute Gasteiger partial charge is 0.226 e. The number of ether oxygens (including phenoxy) is 1. The molecule has 5 rings (SSSR count). The number of aromatic hydroxyl groups is 1. The van der Waals surface area contributed by atoms with E-state index in [1.807, 2.05) is 35.2 Å². The summed E-state index contributed by atoms with van der Waals surface area (Å²) < 4.78 is 5.80. The number of hydrogen-bond donors (Lipinski definition) is 1. The first kappa shape index (κ1) is 16.9. The summed E-state index contributed by atoms with van der Waals surface area (Å²) in [5.41, 5.74) is 2.96. The van der Waals surface area contributed by atoms with Gasteiger partial charge < -0.3 is 14.7 Å². The number of benzene rings is 2. The lowest BCUT2D eigenvalue weighted by molar-refractivity contribution is -0.134. The van der Waals surface area contributed by atoms with E-state index < -0.39 is 0 Å². The van der Waals surface area contributed by atoms with E-state index in [9.17, 15) is 9.90 Å². The summed E-state index contributed by atoms with van der Waals surface area (Å²) in [5.74, 6) is 1.04.